The highest BCUT2D eigenvalue weighted by molar-refractivity contribution is 7.12. The van der Waals surface area contributed by atoms with Crippen LogP contribution in [0.4, 0.5) is 0 Å². The number of aromatic nitrogens is 1. The molecule has 0 N–H and O–H groups in total. The smallest absolute Gasteiger partial charge is 0.0172 e. The lowest BCUT2D eigenvalue weighted by molar-refractivity contribution is 0.840. The number of thiophene rings is 2. The molecule has 0 aliphatic heterocycles. The second kappa shape index (κ2) is 9.40. The molecule has 3 heteroatoms. The molecule has 1 nitrogen and oxygen atoms in total. The average Bonchev–Trinajstić information content (AvgIpc) is 3.05. The fourth-order valence-corrected chi connectivity index (χ4v) is 4.44. The van der Waals surface area contributed by atoms with Crippen LogP contribution in [0.3, 0.4) is 0 Å². The molecule has 3 rings (SSSR count). The molecule has 3 aromatic rings. The fourth-order valence-electron chi connectivity index (χ4n) is 2.56. The van der Waals surface area contributed by atoms with E-state index in [1.54, 1.807) is 0 Å². The predicted molar refractivity (Wildman–Crippen MR) is 117 cm³/mol. The maximum Gasteiger partial charge on any atom is 0.0172 e. The van der Waals surface area contributed by atoms with E-state index in [9.17, 15) is 0 Å². The van der Waals surface area contributed by atoms with E-state index in [-0.39, 0.29) is 0 Å². The molecule has 0 spiro atoms. The molecule has 0 saturated carbocycles. The first-order valence-corrected chi connectivity index (χ1v) is 10.3. The molecule has 0 amide bonds. The van der Waals surface area contributed by atoms with Gasteiger partial charge in [-0.2, -0.15) is 0 Å². The van der Waals surface area contributed by atoms with Crippen LogP contribution in [-0.4, -0.2) is 4.57 Å². The Kier molecular flexibility index (Phi) is 8.17. The topological polar surface area (TPSA) is 4.93 Å². The third-order valence-corrected chi connectivity index (χ3v) is 6.74. The summed E-state index contributed by atoms with van der Waals surface area (Å²) in [5.74, 6) is 0. The molecule has 0 aliphatic rings. The van der Waals surface area contributed by atoms with Gasteiger partial charge in [0.15, 0.2) is 0 Å². The van der Waals surface area contributed by atoms with Gasteiger partial charge in [0.25, 0.3) is 0 Å². The van der Waals surface area contributed by atoms with Gasteiger partial charge in [-0.15, -0.1) is 22.7 Å². The van der Waals surface area contributed by atoms with E-state index in [2.05, 4.69) is 92.1 Å². The molecule has 0 bridgehead atoms. The summed E-state index contributed by atoms with van der Waals surface area (Å²) >= 11 is 3.74. The lowest BCUT2D eigenvalue weighted by atomic mass is 10.3. The first kappa shape index (κ1) is 21.7. The number of aryl methyl sites for hydroxylation is 8. The molecular weight excluding hydrogens is 342 g/mol. The van der Waals surface area contributed by atoms with Gasteiger partial charge in [-0.1, -0.05) is 0 Å². The molecule has 3 heterocycles. The van der Waals surface area contributed by atoms with E-state index in [4.69, 9.17) is 0 Å². The Labute approximate surface area is 162 Å². The number of hydrogen-bond acceptors (Lipinski definition) is 2. The largest absolute Gasteiger partial charge is 0.352 e. The van der Waals surface area contributed by atoms with Gasteiger partial charge in [0.1, 0.15) is 0 Å². The van der Waals surface area contributed by atoms with Crippen molar-refractivity contribution in [2.45, 2.75) is 62.3 Å². The van der Waals surface area contributed by atoms with Gasteiger partial charge in [-0.3, -0.25) is 0 Å². The van der Waals surface area contributed by atoms with E-state index in [1.807, 2.05) is 22.7 Å². The van der Waals surface area contributed by atoms with Crippen molar-refractivity contribution < 1.29 is 0 Å². The monoisotopic (exact) mass is 375 g/mol. The molecule has 3 aromatic heterocycles. The van der Waals surface area contributed by atoms with Gasteiger partial charge in [-0.05, 0) is 97.2 Å². The minimum absolute atomic E-state index is 1.34. The summed E-state index contributed by atoms with van der Waals surface area (Å²) in [6, 6.07) is 6.65. The van der Waals surface area contributed by atoms with Crippen molar-refractivity contribution in [3.8, 4) is 0 Å². The number of nitrogens with zero attached hydrogens (tertiary/aromatic N) is 1. The van der Waals surface area contributed by atoms with Crippen LogP contribution in [0.5, 0.6) is 0 Å². The highest BCUT2D eigenvalue weighted by atomic mass is 32.1. The van der Waals surface area contributed by atoms with Crippen LogP contribution in [0, 0.1) is 62.3 Å². The highest BCUT2D eigenvalue weighted by Crippen LogP contribution is 2.19. The van der Waals surface area contributed by atoms with Crippen molar-refractivity contribution in [3.63, 3.8) is 0 Å². The van der Waals surface area contributed by atoms with Gasteiger partial charge < -0.3 is 4.57 Å². The number of rotatable bonds is 0. The van der Waals surface area contributed by atoms with Gasteiger partial charge >= 0.3 is 0 Å². The van der Waals surface area contributed by atoms with E-state index in [0.29, 0.717) is 0 Å². The zero-order valence-electron chi connectivity index (χ0n) is 17.5. The summed E-state index contributed by atoms with van der Waals surface area (Å²) in [5.41, 5.74) is 6.94. The summed E-state index contributed by atoms with van der Waals surface area (Å²) < 4.78 is 2.20. The van der Waals surface area contributed by atoms with Gasteiger partial charge in [0, 0.05) is 37.9 Å². The quantitative estimate of drug-likeness (QED) is 0.388. The predicted octanol–water partition coefficient (Wildman–Crippen LogP) is 7.30. The Morgan fingerprint density at radius 3 is 1.08 bits per heavy atom. The van der Waals surface area contributed by atoms with Crippen LogP contribution >= 0.6 is 22.7 Å². The van der Waals surface area contributed by atoms with Crippen LogP contribution in [0.25, 0.3) is 0 Å². The lowest BCUT2D eigenvalue weighted by Gasteiger charge is -1.97. The van der Waals surface area contributed by atoms with Crippen LogP contribution in [0.15, 0.2) is 18.2 Å². The molecule has 0 radical (unpaired) electrons. The standard InChI is InChI=1S/C8H13N.2C7H10S/c1-6-5-7(2)9(4)8(6)3;2*1-5-4-6(2)8-7(5)3/h5H,1-4H3;2*4H,1-3H3. The first-order chi connectivity index (χ1) is 11.5. The summed E-state index contributed by atoms with van der Waals surface area (Å²) in [5, 5.41) is 0. The maximum absolute atomic E-state index is 2.22. The van der Waals surface area contributed by atoms with Gasteiger partial charge in [0.2, 0.25) is 0 Å². The molecule has 0 fully saturated rings. The van der Waals surface area contributed by atoms with Crippen LogP contribution in [-0.2, 0) is 7.05 Å². The van der Waals surface area contributed by atoms with Crippen LogP contribution in [0.1, 0.15) is 47.6 Å². The second-order valence-electron chi connectivity index (χ2n) is 6.81. The minimum atomic E-state index is 1.34. The normalized spacial score (nSPS) is 10.0. The zero-order chi connectivity index (χ0) is 19.3. The van der Waals surface area contributed by atoms with Crippen LogP contribution < -0.4 is 0 Å². The molecule has 25 heavy (non-hydrogen) atoms. The molecule has 0 saturated heterocycles. The Bertz CT molecular complexity index is 710. The van der Waals surface area contributed by atoms with E-state index in [1.165, 1.54) is 47.6 Å². The first-order valence-electron chi connectivity index (χ1n) is 8.69. The Morgan fingerprint density at radius 1 is 0.600 bits per heavy atom. The molecule has 0 aliphatic carbocycles. The Hall–Kier alpha value is -1.32. The van der Waals surface area contributed by atoms with E-state index < -0.39 is 0 Å². The van der Waals surface area contributed by atoms with Crippen molar-refractivity contribution >= 4 is 22.7 Å². The van der Waals surface area contributed by atoms with Crippen molar-refractivity contribution in [1.29, 1.82) is 0 Å². The Morgan fingerprint density at radius 2 is 1.00 bits per heavy atom. The second-order valence-corrected chi connectivity index (χ2v) is 9.73. The summed E-state index contributed by atoms with van der Waals surface area (Å²) in [6.07, 6.45) is 0. The van der Waals surface area contributed by atoms with Crippen molar-refractivity contribution in [2.24, 2.45) is 7.05 Å². The van der Waals surface area contributed by atoms with Gasteiger partial charge in [0.05, 0.1) is 0 Å². The van der Waals surface area contributed by atoms with E-state index >= 15 is 0 Å². The van der Waals surface area contributed by atoms with E-state index in [0.717, 1.165) is 0 Å². The summed E-state index contributed by atoms with van der Waals surface area (Å²) in [6.45, 7) is 19.3. The third kappa shape index (κ3) is 6.48. The van der Waals surface area contributed by atoms with Gasteiger partial charge in [-0.25, -0.2) is 0 Å². The third-order valence-electron chi connectivity index (χ3n) is 4.61. The summed E-state index contributed by atoms with van der Waals surface area (Å²) in [4.78, 5) is 5.73. The number of hydrogen-bond donors (Lipinski definition) is 0. The molecule has 0 unspecified atom stereocenters. The van der Waals surface area contributed by atoms with Crippen molar-refractivity contribution in [3.05, 3.63) is 65.8 Å². The fraction of sp³-hybridized carbons (Fsp3) is 0.455. The molecule has 0 atom stereocenters. The maximum atomic E-state index is 2.22. The highest BCUT2D eigenvalue weighted by Gasteiger charge is 1.98. The zero-order valence-corrected chi connectivity index (χ0v) is 19.1. The molecule has 138 valence electrons. The lowest BCUT2D eigenvalue weighted by Crippen LogP contribution is -1.92. The van der Waals surface area contributed by atoms with Crippen LogP contribution in [0.2, 0.25) is 0 Å². The molecular formula is C22H33NS2. The average molecular weight is 376 g/mol. The Balaban J connectivity index is 0.000000188. The SMILES string of the molecule is Cc1cc(C)c(C)s1.Cc1cc(C)c(C)s1.Cc1cc(C)n(C)c1C. The van der Waals surface area contributed by atoms with Crippen molar-refractivity contribution in [1.82, 2.24) is 4.57 Å². The minimum Gasteiger partial charge on any atom is -0.352 e. The summed E-state index contributed by atoms with van der Waals surface area (Å²) in [7, 11) is 2.09. The van der Waals surface area contributed by atoms with Crippen molar-refractivity contribution in [2.75, 3.05) is 0 Å². The molecule has 0 aromatic carbocycles.